The summed E-state index contributed by atoms with van der Waals surface area (Å²) in [6, 6.07) is 7.48. The molecule has 1 N–H and O–H groups in total. The molecule has 1 saturated heterocycles. The van der Waals surface area contributed by atoms with E-state index in [-0.39, 0.29) is 0 Å². The Hall–Kier alpha value is -1.48. The maximum Gasteiger partial charge on any atom is 0.0604 e. The number of nitrogens with zero attached hydrogens (tertiary/aromatic N) is 1. The van der Waals surface area contributed by atoms with Crippen LogP contribution in [0.3, 0.4) is 0 Å². The first-order valence-electron chi connectivity index (χ1n) is 9.33. The summed E-state index contributed by atoms with van der Waals surface area (Å²) < 4.78 is 5.57. The smallest absolute Gasteiger partial charge is 0.0604 e. The van der Waals surface area contributed by atoms with Gasteiger partial charge in [-0.2, -0.15) is 0 Å². The number of ether oxygens (including phenoxy) is 1. The van der Waals surface area contributed by atoms with Crippen molar-refractivity contribution >= 4 is 11.4 Å². The van der Waals surface area contributed by atoms with E-state index in [1.54, 1.807) is 0 Å². The van der Waals surface area contributed by atoms with Gasteiger partial charge >= 0.3 is 0 Å². The Balaban J connectivity index is 2.31. The molecule has 0 spiro atoms. The van der Waals surface area contributed by atoms with Crippen molar-refractivity contribution in [3.05, 3.63) is 36.4 Å². The summed E-state index contributed by atoms with van der Waals surface area (Å²) in [5, 5.41) is 3.43. The molecule has 1 aromatic carbocycles. The highest BCUT2D eigenvalue weighted by atomic mass is 16.5. The van der Waals surface area contributed by atoms with E-state index >= 15 is 0 Å². The van der Waals surface area contributed by atoms with Crippen molar-refractivity contribution in [2.24, 2.45) is 5.92 Å². The van der Waals surface area contributed by atoms with Crippen LogP contribution < -0.4 is 10.2 Å². The predicted molar refractivity (Wildman–Crippen MR) is 105 cm³/mol. The molecule has 3 heteroatoms. The highest BCUT2D eigenvalue weighted by molar-refractivity contribution is 5.71. The number of hydrogen-bond donors (Lipinski definition) is 1. The first kappa shape index (κ1) is 18.9. The summed E-state index contributed by atoms with van der Waals surface area (Å²) in [6.07, 6.45) is 5.25. The largest absolute Gasteiger partial charge is 0.386 e. The maximum absolute atomic E-state index is 5.57. The molecule has 1 unspecified atom stereocenters. The minimum Gasteiger partial charge on any atom is -0.386 e. The number of rotatable bonds is 8. The van der Waals surface area contributed by atoms with E-state index in [4.69, 9.17) is 4.74 Å². The van der Waals surface area contributed by atoms with E-state index in [1.807, 2.05) is 13.1 Å². The van der Waals surface area contributed by atoms with Crippen LogP contribution in [-0.2, 0) is 4.74 Å². The molecule has 1 aromatic rings. The molecule has 1 atom stereocenters. The second-order valence-electron chi connectivity index (χ2n) is 7.34. The van der Waals surface area contributed by atoms with Gasteiger partial charge in [-0.1, -0.05) is 32.9 Å². The zero-order chi connectivity index (χ0) is 17.5. The average Bonchev–Trinajstić information content (AvgIpc) is 2.60. The molecule has 0 bridgehead atoms. The van der Waals surface area contributed by atoms with Gasteiger partial charge in [-0.05, 0) is 48.8 Å². The first-order valence-corrected chi connectivity index (χ1v) is 9.33. The van der Waals surface area contributed by atoms with E-state index in [2.05, 4.69) is 55.8 Å². The molecule has 1 aliphatic heterocycles. The lowest BCUT2D eigenvalue weighted by Gasteiger charge is -2.38. The Labute approximate surface area is 148 Å². The molecule has 0 aliphatic carbocycles. The molecular weight excluding hydrogens is 296 g/mol. The van der Waals surface area contributed by atoms with Gasteiger partial charge in [-0.15, -0.1) is 6.58 Å². The Bertz CT molecular complexity index is 521. The molecule has 0 amide bonds. The topological polar surface area (TPSA) is 24.5 Å². The Morgan fingerprint density at radius 2 is 2.00 bits per heavy atom. The standard InChI is InChI=1S/C21H34N2O/c1-6-7-17(4)18-8-9-21(20(14-18)22-5)23(15-16(2)3)19-10-12-24-13-11-19/h6,8-9,14,16-17,19,22H,1,7,10-13,15H2,2-5H3. The molecule has 0 radical (unpaired) electrons. The fourth-order valence-corrected chi connectivity index (χ4v) is 3.53. The van der Waals surface area contributed by atoms with Crippen LogP contribution in [-0.4, -0.2) is 32.8 Å². The molecular formula is C21H34N2O. The van der Waals surface area contributed by atoms with Crippen molar-refractivity contribution < 1.29 is 4.74 Å². The predicted octanol–water partition coefficient (Wildman–Crippen LogP) is 5.05. The third-order valence-electron chi connectivity index (χ3n) is 4.88. The van der Waals surface area contributed by atoms with Crippen LogP contribution >= 0.6 is 0 Å². The summed E-state index contributed by atoms with van der Waals surface area (Å²) in [7, 11) is 2.03. The van der Waals surface area contributed by atoms with Crippen LogP contribution in [0.15, 0.2) is 30.9 Å². The number of allylic oxidation sites excluding steroid dienone is 1. The van der Waals surface area contributed by atoms with E-state index in [9.17, 15) is 0 Å². The highest BCUT2D eigenvalue weighted by Crippen LogP contribution is 2.34. The molecule has 2 rings (SSSR count). The van der Waals surface area contributed by atoms with Crippen LogP contribution in [0, 0.1) is 5.92 Å². The molecule has 134 valence electrons. The quantitative estimate of drug-likeness (QED) is 0.675. The summed E-state index contributed by atoms with van der Waals surface area (Å²) in [4.78, 5) is 2.60. The normalized spacial score (nSPS) is 16.9. The number of hydrogen-bond acceptors (Lipinski definition) is 3. The lowest BCUT2D eigenvalue weighted by atomic mass is 9.95. The van der Waals surface area contributed by atoms with Crippen LogP contribution in [0.2, 0.25) is 0 Å². The van der Waals surface area contributed by atoms with Crippen molar-refractivity contribution in [1.82, 2.24) is 0 Å². The summed E-state index contributed by atoms with van der Waals surface area (Å²) in [5.74, 6) is 1.14. The van der Waals surface area contributed by atoms with Gasteiger partial charge < -0.3 is 15.0 Å². The summed E-state index contributed by atoms with van der Waals surface area (Å²) >= 11 is 0. The number of nitrogens with one attached hydrogen (secondary N) is 1. The summed E-state index contributed by atoms with van der Waals surface area (Å²) in [5.41, 5.74) is 3.93. The van der Waals surface area contributed by atoms with Crippen molar-refractivity contribution in [3.63, 3.8) is 0 Å². The molecule has 1 aliphatic rings. The minimum atomic E-state index is 0.505. The van der Waals surface area contributed by atoms with E-state index in [0.29, 0.717) is 17.9 Å². The second-order valence-corrected chi connectivity index (χ2v) is 7.34. The van der Waals surface area contributed by atoms with E-state index in [0.717, 1.165) is 39.0 Å². The molecule has 0 aromatic heterocycles. The molecule has 24 heavy (non-hydrogen) atoms. The zero-order valence-electron chi connectivity index (χ0n) is 15.8. The van der Waals surface area contributed by atoms with Crippen LogP contribution in [0.25, 0.3) is 0 Å². The Kier molecular flexibility index (Phi) is 7.16. The molecule has 1 fully saturated rings. The van der Waals surface area contributed by atoms with Crippen LogP contribution in [0.1, 0.15) is 51.5 Å². The Morgan fingerprint density at radius 1 is 1.29 bits per heavy atom. The van der Waals surface area contributed by atoms with Crippen LogP contribution in [0.4, 0.5) is 11.4 Å². The van der Waals surface area contributed by atoms with Crippen LogP contribution in [0.5, 0.6) is 0 Å². The SMILES string of the molecule is C=CCC(C)c1ccc(N(CC(C)C)C2CCOCC2)c(NC)c1. The lowest BCUT2D eigenvalue weighted by molar-refractivity contribution is 0.0839. The van der Waals surface area contributed by atoms with Gasteiger partial charge in [0.2, 0.25) is 0 Å². The molecule has 1 heterocycles. The third kappa shape index (κ3) is 4.76. The minimum absolute atomic E-state index is 0.505. The second kappa shape index (κ2) is 9.12. The van der Waals surface area contributed by atoms with E-state index in [1.165, 1.54) is 16.9 Å². The fourth-order valence-electron chi connectivity index (χ4n) is 3.53. The van der Waals surface area contributed by atoms with Crippen molar-refractivity contribution in [2.75, 3.05) is 37.0 Å². The first-order chi connectivity index (χ1) is 11.6. The highest BCUT2D eigenvalue weighted by Gasteiger charge is 2.24. The van der Waals surface area contributed by atoms with Crippen molar-refractivity contribution in [2.45, 2.75) is 52.0 Å². The molecule has 0 saturated carbocycles. The van der Waals surface area contributed by atoms with Gasteiger partial charge in [0, 0.05) is 32.8 Å². The van der Waals surface area contributed by atoms with Gasteiger partial charge in [0.25, 0.3) is 0 Å². The summed E-state index contributed by atoms with van der Waals surface area (Å²) in [6.45, 7) is 13.6. The number of benzene rings is 1. The fraction of sp³-hybridized carbons (Fsp3) is 0.619. The van der Waals surface area contributed by atoms with Gasteiger partial charge in [0.05, 0.1) is 11.4 Å². The average molecular weight is 331 g/mol. The van der Waals surface area contributed by atoms with Gasteiger partial charge in [0.15, 0.2) is 0 Å². The molecule has 3 nitrogen and oxygen atoms in total. The number of anilines is 2. The Morgan fingerprint density at radius 3 is 2.58 bits per heavy atom. The van der Waals surface area contributed by atoms with Crippen molar-refractivity contribution in [3.8, 4) is 0 Å². The zero-order valence-corrected chi connectivity index (χ0v) is 15.8. The van der Waals surface area contributed by atoms with Crippen molar-refractivity contribution in [1.29, 1.82) is 0 Å². The van der Waals surface area contributed by atoms with Gasteiger partial charge in [-0.3, -0.25) is 0 Å². The van der Waals surface area contributed by atoms with Gasteiger partial charge in [-0.25, -0.2) is 0 Å². The monoisotopic (exact) mass is 330 g/mol. The third-order valence-corrected chi connectivity index (χ3v) is 4.88. The van der Waals surface area contributed by atoms with E-state index < -0.39 is 0 Å². The lowest BCUT2D eigenvalue weighted by Crippen LogP contribution is -2.42. The maximum atomic E-state index is 5.57. The van der Waals surface area contributed by atoms with Gasteiger partial charge in [0.1, 0.15) is 0 Å².